The summed E-state index contributed by atoms with van der Waals surface area (Å²) < 4.78 is 25.8. The lowest BCUT2D eigenvalue weighted by atomic mass is 10.0. The number of rotatable bonds is 4. The second kappa shape index (κ2) is 6.28. The van der Waals surface area contributed by atoms with E-state index in [1.54, 1.807) is 0 Å². The number of benzene rings is 1. The van der Waals surface area contributed by atoms with Crippen molar-refractivity contribution in [1.82, 2.24) is 0 Å². The quantitative estimate of drug-likeness (QED) is 0.587. The molecule has 0 aliphatic heterocycles. The Balaban J connectivity index is 1.84. The van der Waals surface area contributed by atoms with Crippen molar-refractivity contribution in [2.45, 2.75) is 32.3 Å². The van der Waals surface area contributed by atoms with Crippen molar-refractivity contribution in [3.05, 3.63) is 47.0 Å². The molecule has 0 saturated carbocycles. The highest BCUT2D eigenvalue weighted by Gasteiger charge is 2.02. The molecule has 18 heavy (non-hydrogen) atoms. The van der Waals surface area contributed by atoms with Gasteiger partial charge in [-0.2, -0.15) is 0 Å². The molecule has 1 radical (unpaired) electrons. The summed E-state index contributed by atoms with van der Waals surface area (Å²) in [6, 6.07) is 3.27. The molecule has 1 aromatic rings. The molecule has 0 fully saturated rings. The number of allylic oxidation sites excluding steroid dienone is 2. The first kappa shape index (κ1) is 12.7. The predicted molar refractivity (Wildman–Crippen MR) is 65.1 cm³/mol. The van der Waals surface area contributed by atoms with E-state index in [2.05, 4.69) is 17.4 Å². The SMILES string of the molecule is Fc1cc(F)cc(CO/N=[C]\C2=CCCCC2)c1. The number of halogens is 2. The second-order valence-electron chi connectivity index (χ2n) is 4.23. The van der Waals surface area contributed by atoms with Gasteiger partial charge in [0.25, 0.3) is 0 Å². The fourth-order valence-electron chi connectivity index (χ4n) is 1.83. The van der Waals surface area contributed by atoms with Crippen molar-refractivity contribution < 1.29 is 13.6 Å². The summed E-state index contributed by atoms with van der Waals surface area (Å²) in [5, 5.41) is 3.69. The lowest BCUT2D eigenvalue weighted by Crippen LogP contribution is -1.94. The Kier molecular flexibility index (Phi) is 4.45. The van der Waals surface area contributed by atoms with Gasteiger partial charge in [-0.15, -0.1) is 0 Å². The molecular weight excluding hydrogens is 236 g/mol. The van der Waals surface area contributed by atoms with Gasteiger partial charge >= 0.3 is 0 Å². The van der Waals surface area contributed by atoms with Crippen LogP contribution in [-0.4, -0.2) is 6.21 Å². The monoisotopic (exact) mass is 250 g/mol. The van der Waals surface area contributed by atoms with Crippen LogP contribution in [0.3, 0.4) is 0 Å². The van der Waals surface area contributed by atoms with Crippen molar-refractivity contribution >= 4 is 6.21 Å². The molecule has 2 rings (SSSR count). The molecule has 1 aliphatic rings. The summed E-state index contributed by atoms with van der Waals surface area (Å²) in [6.07, 6.45) is 9.23. The standard InChI is InChI=1S/C14H14F2NO/c15-13-6-12(7-14(16)8-13)10-18-17-9-11-4-2-1-3-5-11/h4,6-8H,1-3,5,10H2. The van der Waals surface area contributed by atoms with Gasteiger partial charge in [-0.05, 0) is 49.0 Å². The third-order valence-electron chi connectivity index (χ3n) is 2.70. The van der Waals surface area contributed by atoms with E-state index in [0.717, 1.165) is 30.9 Å². The molecule has 0 heterocycles. The van der Waals surface area contributed by atoms with Crippen LogP contribution in [0.4, 0.5) is 8.78 Å². The molecule has 0 saturated heterocycles. The van der Waals surface area contributed by atoms with Crippen molar-refractivity contribution in [3.63, 3.8) is 0 Å². The average molecular weight is 250 g/mol. The molecular formula is C14H14F2NO. The highest BCUT2D eigenvalue weighted by atomic mass is 19.1. The van der Waals surface area contributed by atoms with E-state index in [9.17, 15) is 8.78 Å². The van der Waals surface area contributed by atoms with Crippen molar-refractivity contribution in [2.24, 2.45) is 5.16 Å². The summed E-state index contributed by atoms with van der Waals surface area (Å²) in [6.45, 7) is 0.0367. The predicted octanol–water partition coefficient (Wildman–Crippen LogP) is 3.84. The van der Waals surface area contributed by atoms with Gasteiger partial charge in [0.1, 0.15) is 24.5 Å². The van der Waals surface area contributed by atoms with E-state index in [-0.39, 0.29) is 6.61 Å². The Bertz CT molecular complexity index is 449. The van der Waals surface area contributed by atoms with Gasteiger partial charge in [-0.1, -0.05) is 11.2 Å². The largest absolute Gasteiger partial charge is 0.390 e. The van der Waals surface area contributed by atoms with E-state index in [1.165, 1.54) is 18.6 Å². The van der Waals surface area contributed by atoms with E-state index in [1.807, 2.05) is 0 Å². The molecule has 0 N–H and O–H groups in total. The summed E-state index contributed by atoms with van der Waals surface area (Å²) in [7, 11) is 0. The maximum atomic E-state index is 12.9. The lowest BCUT2D eigenvalue weighted by Gasteiger charge is -2.06. The molecule has 95 valence electrons. The van der Waals surface area contributed by atoms with Crippen molar-refractivity contribution in [2.75, 3.05) is 0 Å². The van der Waals surface area contributed by atoms with Crippen LogP contribution in [0.15, 0.2) is 35.0 Å². The maximum Gasteiger partial charge on any atom is 0.142 e. The first-order valence-corrected chi connectivity index (χ1v) is 5.96. The topological polar surface area (TPSA) is 21.6 Å². The zero-order valence-corrected chi connectivity index (χ0v) is 9.96. The zero-order chi connectivity index (χ0) is 12.8. The molecule has 0 unspecified atom stereocenters. The van der Waals surface area contributed by atoms with Crippen LogP contribution in [-0.2, 0) is 11.4 Å². The third kappa shape index (κ3) is 3.95. The van der Waals surface area contributed by atoms with E-state index >= 15 is 0 Å². The van der Waals surface area contributed by atoms with Gasteiger partial charge in [0.2, 0.25) is 0 Å². The Morgan fingerprint density at radius 1 is 1.17 bits per heavy atom. The smallest absolute Gasteiger partial charge is 0.142 e. The number of nitrogens with zero attached hydrogens (tertiary/aromatic N) is 1. The van der Waals surface area contributed by atoms with Crippen LogP contribution in [0.2, 0.25) is 0 Å². The van der Waals surface area contributed by atoms with Crippen LogP contribution >= 0.6 is 0 Å². The van der Waals surface area contributed by atoms with Gasteiger partial charge in [0.05, 0.1) is 0 Å². The molecule has 0 bridgehead atoms. The maximum absolute atomic E-state index is 12.9. The average Bonchev–Trinajstić information content (AvgIpc) is 2.35. The van der Waals surface area contributed by atoms with Crippen LogP contribution < -0.4 is 0 Å². The highest BCUT2D eigenvalue weighted by molar-refractivity contribution is 5.78. The Morgan fingerprint density at radius 3 is 2.61 bits per heavy atom. The van der Waals surface area contributed by atoms with Gasteiger partial charge in [-0.3, -0.25) is 0 Å². The third-order valence-corrected chi connectivity index (χ3v) is 2.70. The van der Waals surface area contributed by atoms with E-state index in [4.69, 9.17) is 4.84 Å². The molecule has 0 aromatic heterocycles. The minimum absolute atomic E-state index is 0.0367. The normalized spacial score (nSPS) is 15.8. The molecule has 2 nitrogen and oxygen atoms in total. The summed E-state index contributed by atoms with van der Waals surface area (Å²) in [5.41, 5.74) is 1.45. The fraction of sp³-hybridized carbons (Fsp3) is 0.357. The number of hydrogen-bond donors (Lipinski definition) is 0. The molecule has 0 spiro atoms. The summed E-state index contributed by atoms with van der Waals surface area (Å²) in [5.74, 6) is -1.23. The van der Waals surface area contributed by atoms with Gasteiger partial charge in [-0.25, -0.2) is 8.78 Å². The molecule has 1 aromatic carbocycles. The zero-order valence-electron chi connectivity index (χ0n) is 9.96. The highest BCUT2D eigenvalue weighted by Crippen LogP contribution is 2.15. The first-order valence-electron chi connectivity index (χ1n) is 5.96. The minimum atomic E-state index is -0.614. The Hall–Kier alpha value is -1.71. The van der Waals surface area contributed by atoms with Crippen LogP contribution in [0.5, 0.6) is 0 Å². The Labute approximate surface area is 105 Å². The van der Waals surface area contributed by atoms with Gasteiger partial charge < -0.3 is 4.84 Å². The second-order valence-corrected chi connectivity index (χ2v) is 4.23. The molecule has 0 atom stereocenters. The van der Waals surface area contributed by atoms with Crippen LogP contribution in [0, 0.1) is 11.6 Å². The summed E-state index contributed by atoms with van der Waals surface area (Å²) in [4.78, 5) is 4.97. The van der Waals surface area contributed by atoms with Gasteiger partial charge in [0, 0.05) is 6.07 Å². The van der Waals surface area contributed by atoms with Crippen LogP contribution in [0.1, 0.15) is 31.2 Å². The molecule has 0 amide bonds. The minimum Gasteiger partial charge on any atom is -0.390 e. The van der Waals surface area contributed by atoms with Crippen LogP contribution in [0.25, 0.3) is 0 Å². The summed E-state index contributed by atoms with van der Waals surface area (Å²) >= 11 is 0. The fourth-order valence-corrected chi connectivity index (χ4v) is 1.83. The number of hydrogen-bond acceptors (Lipinski definition) is 2. The van der Waals surface area contributed by atoms with Crippen molar-refractivity contribution in [1.29, 1.82) is 0 Å². The van der Waals surface area contributed by atoms with E-state index < -0.39 is 11.6 Å². The van der Waals surface area contributed by atoms with E-state index in [0.29, 0.717) is 5.56 Å². The lowest BCUT2D eigenvalue weighted by molar-refractivity contribution is 0.131. The molecule has 4 heteroatoms. The van der Waals surface area contributed by atoms with Crippen molar-refractivity contribution in [3.8, 4) is 0 Å². The Morgan fingerprint density at radius 2 is 1.94 bits per heavy atom. The molecule has 1 aliphatic carbocycles. The van der Waals surface area contributed by atoms with Gasteiger partial charge in [0.15, 0.2) is 0 Å². The first-order chi connectivity index (χ1) is 8.74.